The van der Waals surface area contributed by atoms with E-state index >= 15 is 0 Å². The maximum atomic E-state index is 12.4. The third-order valence-electron chi connectivity index (χ3n) is 4.78. The van der Waals surface area contributed by atoms with E-state index in [1.165, 1.54) is 29.7 Å². The minimum atomic E-state index is -3.22. The number of ether oxygens (including phenoxy) is 1. The lowest BCUT2D eigenvalue weighted by Gasteiger charge is -2.38. The molecule has 2 aromatic carbocycles. The molecule has 0 N–H and O–H groups in total. The molecule has 0 saturated carbocycles. The summed E-state index contributed by atoms with van der Waals surface area (Å²) >= 11 is 1.52. The Labute approximate surface area is 167 Å². The molecule has 0 aliphatic carbocycles. The van der Waals surface area contributed by atoms with Gasteiger partial charge < -0.3 is 9.64 Å². The summed E-state index contributed by atoms with van der Waals surface area (Å²) in [6.45, 7) is 3.10. The molecule has 1 fully saturated rings. The molecule has 0 atom stereocenters. The predicted molar refractivity (Wildman–Crippen MR) is 109 cm³/mol. The second-order valence-electron chi connectivity index (χ2n) is 7.03. The Morgan fingerprint density at radius 1 is 1.21 bits per heavy atom. The number of thiazole rings is 1. The largest absolute Gasteiger partial charge is 0.463 e. The van der Waals surface area contributed by atoms with Crippen molar-refractivity contribution in [1.82, 2.24) is 9.88 Å². The molecule has 0 bridgehead atoms. The Morgan fingerprint density at radius 3 is 2.57 bits per heavy atom. The van der Waals surface area contributed by atoms with E-state index < -0.39 is 9.84 Å². The predicted octanol–water partition coefficient (Wildman–Crippen LogP) is 2.84. The fraction of sp³-hybridized carbons (Fsp3) is 0.300. The first-order chi connectivity index (χ1) is 13.3. The first kappa shape index (κ1) is 18.9. The van der Waals surface area contributed by atoms with E-state index in [2.05, 4.69) is 4.98 Å². The molecular weight excluding hydrogens is 396 g/mol. The van der Waals surface area contributed by atoms with Gasteiger partial charge in [0.25, 0.3) is 5.19 Å². The van der Waals surface area contributed by atoms with Crippen LogP contribution in [0.1, 0.15) is 11.1 Å². The zero-order valence-electron chi connectivity index (χ0n) is 15.6. The number of likely N-dealkylation sites (tertiary alicyclic amines) is 1. The zero-order chi connectivity index (χ0) is 19.9. The number of rotatable bonds is 5. The summed E-state index contributed by atoms with van der Waals surface area (Å²) in [6.07, 6.45) is 1.37. The first-order valence-electron chi connectivity index (χ1n) is 8.89. The summed E-state index contributed by atoms with van der Waals surface area (Å²) in [7, 11) is -3.22. The number of aryl methyl sites for hydroxylation is 1. The quantitative estimate of drug-likeness (QED) is 0.639. The number of nitrogens with zero attached hydrogens (tertiary/aromatic N) is 2. The van der Waals surface area contributed by atoms with E-state index in [1.54, 1.807) is 17.0 Å². The molecule has 3 aromatic rings. The highest BCUT2D eigenvalue weighted by atomic mass is 32.2. The van der Waals surface area contributed by atoms with E-state index in [-0.39, 0.29) is 23.3 Å². The highest BCUT2D eigenvalue weighted by Crippen LogP contribution is 2.31. The van der Waals surface area contributed by atoms with Gasteiger partial charge >= 0.3 is 0 Å². The van der Waals surface area contributed by atoms with Gasteiger partial charge in [-0.05, 0) is 36.2 Å². The molecule has 0 radical (unpaired) electrons. The van der Waals surface area contributed by atoms with Crippen LogP contribution >= 0.6 is 11.3 Å². The smallest absolute Gasteiger partial charge is 0.274 e. The third kappa shape index (κ3) is 3.88. The van der Waals surface area contributed by atoms with Gasteiger partial charge in [0.1, 0.15) is 6.10 Å². The monoisotopic (exact) mass is 416 g/mol. The van der Waals surface area contributed by atoms with Gasteiger partial charge in [0.2, 0.25) is 5.91 Å². The second-order valence-corrected chi connectivity index (χ2v) is 10.0. The van der Waals surface area contributed by atoms with Crippen molar-refractivity contribution < 1.29 is 17.9 Å². The number of para-hydroxylation sites is 1. The highest BCUT2D eigenvalue weighted by molar-refractivity contribution is 7.90. The average molecular weight is 417 g/mol. The highest BCUT2D eigenvalue weighted by Gasteiger charge is 2.32. The number of amides is 1. The molecule has 1 amide bonds. The molecule has 6 nitrogen and oxygen atoms in total. The maximum absolute atomic E-state index is 12.4. The van der Waals surface area contributed by atoms with Crippen LogP contribution in [0.25, 0.3) is 10.2 Å². The van der Waals surface area contributed by atoms with Crippen LogP contribution in [0.3, 0.4) is 0 Å². The minimum absolute atomic E-state index is 0.00657. The summed E-state index contributed by atoms with van der Waals surface area (Å²) in [6, 6.07) is 12.5. The Bertz CT molecular complexity index is 1130. The molecule has 1 aliphatic rings. The topological polar surface area (TPSA) is 76.6 Å². The van der Waals surface area contributed by atoms with Gasteiger partial charge in [-0.25, -0.2) is 13.4 Å². The minimum Gasteiger partial charge on any atom is -0.463 e. The van der Waals surface area contributed by atoms with Gasteiger partial charge in [-0.1, -0.05) is 35.6 Å². The van der Waals surface area contributed by atoms with Crippen molar-refractivity contribution in [2.45, 2.75) is 24.3 Å². The number of carbonyl (C=O) groups is 1. The van der Waals surface area contributed by atoms with E-state index in [9.17, 15) is 13.2 Å². The lowest BCUT2D eigenvalue weighted by Crippen LogP contribution is -2.56. The summed E-state index contributed by atoms with van der Waals surface area (Å²) < 4.78 is 30.0. The van der Waals surface area contributed by atoms with Crippen LogP contribution in [-0.2, 0) is 21.1 Å². The Balaban J connectivity index is 1.32. The standard InChI is InChI=1S/C20H20N2O4S2/c1-13-4-3-5-17-19(13)21-20(27-17)26-15-11-22(12-15)18(23)10-14-6-8-16(9-7-14)28(2,24)25/h3-9,15H,10-12H2,1-2H3. The lowest BCUT2D eigenvalue weighted by atomic mass is 10.1. The Morgan fingerprint density at radius 2 is 1.93 bits per heavy atom. The van der Waals surface area contributed by atoms with Gasteiger partial charge in [0, 0.05) is 6.26 Å². The summed E-state index contributed by atoms with van der Waals surface area (Å²) in [5, 5.41) is 0.637. The number of sulfone groups is 1. The van der Waals surface area contributed by atoms with Crippen LogP contribution in [0.4, 0.5) is 0 Å². The molecule has 1 aromatic heterocycles. The van der Waals surface area contributed by atoms with Gasteiger partial charge in [-0.3, -0.25) is 4.79 Å². The second kappa shape index (κ2) is 7.18. The fourth-order valence-electron chi connectivity index (χ4n) is 3.12. The normalized spacial score (nSPS) is 14.9. The molecule has 28 heavy (non-hydrogen) atoms. The number of aromatic nitrogens is 1. The van der Waals surface area contributed by atoms with Crippen molar-refractivity contribution >= 4 is 37.3 Å². The van der Waals surface area contributed by atoms with Crippen molar-refractivity contribution in [3.05, 3.63) is 53.6 Å². The Kier molecular flexibility index (Phi) is 4.84. The van der Waals surface area contributed by atoms with Gasteiger partial charge in [-0.2, -0.15) is 0 Å². The van der Waals surface area contributed by atoms with Crippen molar-refractivity contribution in [2.24, 2.45) is 0 Å². The lowest BCUT2D eigenvalue weighted by molar-refractivity contribution is -0.139. The molecule has 0 spiro atoms. The van der Waals surface area contributed by atoms with E-state index in [0.29, 0.717) is 18.3 Å². The number of benzene rings is 2. The van der Waals surface area contributed by atoms with Crippen LogP contribution in [0.2, 0.25) is 0 Å². The SMILES string of the molecule is Cc1cccc2sc(OC3CN(C(=O)Cc4ccc(S(C)(=O)=O)cc4)C3)nc12. The number of hydrogen-bond donors (Lipinski definition) is 0. The fourth-order valence-corrected chi connectivity index (χ4v) is 4.71. The summed E-state index contributed by atoms with van der Waals surface area (Å²) in [4.78, 5) is 18.9. The maximum Gasteiger partial charge on any atom is 0.274 e. The molecule has 146 valence electrons. The number of hydrogen-bond acceptors (Lipinski definition) is 6. The summed E-state index contributed by atoms with van der Waals surface area (Å²) in [5.74, 6) is 0.00657. The molecular formula is C20H20N2O4S2. The van der Waals surface area contributed by atoms with Crippen molar-refractivity contribution in [3.8, 4) is 5.19 Å². The average Bonchev–Trinajstić information content (AvgIpc) is 3.01. The molecule has 4 rings (SSSR count). The Hall–Kier alpha value is -2.45. The summed E-state index contributed by atoms with van der Waals surface area (Å²) in [5.41, 5.74) is 2.88. The third-order valence-corrected chi connectivity index (χ3v) is 6.82. The molecule has 1 aliphatic heterocycles. The van der Waals surface area contributed by atoms with Crippen molar-refractivity contribution in [3.63, 3.8) is 0 Å². The molecule has 1 saturated heterocycles. The van der Waals surface area contributed by atoms with Crippen LogP contribution in [-0.4, -0.2) is 49.7 Å². The van der Waals surface area contributed by atoms with Gasteiger partial charge in [0.15, 0.2) is 9.84 Å². The van der Waals surface area contributed by atoms with Crippen molar-refractivity contribution in [2.75, 3.05) is 19.3 Å². The van der Waals surface area contributed by atoms with E-state index in [4.69, 9.17) is 4.74 Å². The van der Waals surface area contributed by atoms with Gasteiger partial charge in [-0.15, -0.1) is 0 Å². The first-order valence-corrected chi connectivity index (χ1v) is 11.6. The van der Waals surface area contributed by atoms with E-state index in [0.717, 1.165) is 21.3 Å². The van der Waals surface area contributed by atoms with Crippen LogP contribution in [0.5, 0.6) is 5.19 Å². The van der Waals surface area contributed by atoms with Crippen LogP contribution < -0.4 is 4.74 Å². The van der Waals surface area contributed by atoms with E-state index in [1.807, 2.05) is 25.1 Å². The zero-order valence-corrected chi connectivity index (χ0v) is 17.2. The van der Waals surface area contributed by atoms with Gasteiger partial charge in [0.05, 0.1) is 34.6 Å². The van der Waals surface area contributed by atoms with Crippen molar-refractivity contribution in [1.29, 1.82) is 0 Å². The van der Waals surface area contributed by atoms with Crippen LogP contribution in [0, 0.1) is 6.92 Å². The molecule has 0 unspecified atom stereocenters. The molecule has 2 heterocycles. The number of carbonyl (C=O) groups excluding carboxylic acids is 1. The molecule has 8 heteroatoms. The number of fused-ring (bicyclic) bond motifs is 1. The van der Waals surface area contributed by atoms with Crippen LogP contribution in [0.15, 0.2) is 47.4 Å².